The van der Waals surface area contributed by atoms with Crippen LogP contribution >= 0.6 is 11.6 Å². The van der Waals surface area contributed by atoms with Gasteiger partial charge in [-0.1, -0.05) is 72.3 Å². The molecule has 6 nitrogen and oxygen atoms in total. The van der Waals surface area contributed by atoms with Gasteiger partial charge in [0.15, 0.2) is 0 Å². The Kier molecular flexibility index (Phi) is 5.35. The number of amides is 2. The molecule has 3 aliphatic rings. The molecule has 4 aromatic rings. The maximum absolute atomic E-state index is 14.1. The van der Waals surface area contributed by atoms with Gasteiger partial charge in [0.05, 0.1) is 30.6 Å². The first-order valence-electron chi connectivity index (χ1n) is 12.7. The van der Waals surface area contributed by atoms with E-state index in [4.69, 9.17) is 21.1 Å². The van der Waals surface area contributed by atoms with Gasteiger partial charge < -0.3 is 9.47 Å². The molecular formula is C32H22ClNO5. The van der Waals surface area contributed by atoms with Crippen LogP contribution in [0.2, 0.25) is 5.02 Å². The highest BCUT2D eigenvalue weighted by Gasteiger charge is 2.60. The Hall–Kier alpha value is -4.42. The Bertz CT molecular complexity index is 1730. The van der Waals surface area contributed by atoms with Gasteiger partial charge in [-0.3, -0.25) is 14.4 Å². The van der Waals surface area contributed by atoms with E-state index in [1.807, 2.05) is 66.7 Å². The molecule has 192 valence electrons. The number of esters is 1. The molecule has 1 saturated heterocycles. The topological polar surface area (TPSA) is 72.9 Å². The van der Waals surface area contributed by atoms with Crippen LogP contribution in [0.25, 0.3) is 16.3 Å². The summed E-state index contributed by atoms with van der Waals surface area (Å²) >= 11 is 6.22. The number of imide groups is 1. The van der Waals surface area contributed by atoms with Crippen molar-refractivity contribution in [2.45, 2.75) is 5.92 Å². The number of allylic oxidation sites excluding steroid dienone is 1. The van der Waals surface area contributed by atoms with E-state index in [0.29, 0.717) is 27.8 Å². The zero-order valence-corrected chi connectivity index (χ0v) is 21.6. The van der Waals surface area contributed by atoms with E-state index in [1.165, 1.54) is 4.90 Å². The highest BCUT2D eigenvalue weighted by Crippen LogP contribution is 2.55. The zero-order chi connectivity index (χ0) is 26.8. The van der Waals surface area contributed by atoms with Gasteiger partial charge in [0.25, 0.3) is 0 Å². The minimum Gasteiger partial charge on any atom is -0.497 e. The van der Waals surface area contributed by atoms with Crippen molar-refractivity contribution in [3.63, 3.8) is 0 Å². The van der Waals surface area contributed by atoms with Crippen LogP contribution in [-0.4, -0.2) is 24.9 Å². The number of hydrogen-bond acceptors (Lipinski definition) is 5. The summed E-state index contributed by atoms with van der Waals surface area (Å²) in [6.07, 6.45) is 1.98. The fraction of sp³-hybridized carbons (Fsp3) is 0.156. The van der Waals surface area contributed by atoms with Crippen LogP contribution in [0, 0.1) is 17.8 Å². The maximum Gasteiger partial charge on any atom is 0.319 e. The number of rotatable bonds is 3. The van der Waals surface area contributed by atoms with Crippen LogP contribution in [0.4, 0.5) is 5.69 Å². The van der Waals surface area contributed by atoms with Crippen LogP contribution in [0.1, 0.15) is 17.0 Å². The van der Waals surface area contributed by atoms with Crippen LogP contribution in [0.5, 0.6) is 11.5 Å². The Morgan fingerprint density at radius 1 is 0.846 bits per heavy atom. The number of carbonyl (C=O) groups excluding carboxylic acids is 3. The first-order chi connectivity index (χ1) is 19.0. The van der Waals surface area contributed by atoms with Crippen LogP contribution in [0.3, 0.4) is 0 Å². The minimum absolute atomic E-state index is 0.361. The largest absolute Gasteiger partial charge is 0.497 e. The number of anilines is 1. The Morgan fingerprint density at radius 2 is 1.62 bits per heavy atom. The molecule has 4 aromatic carbocycles. The summed E-state index contributed by atoms with van der Waals surface area (Å²) in [4.78, 5) is 42.9. The first kappa shape index (κ1) is 23.7. The first-order valence-corrected chi connectivity index (χ1v) is 13.1. The summed E-state index contributed by atoms with van der Waals surface area (Å²) in [5, 5.41) is 2.18. The normalized spacial score (nSPS) is 23.6. The molecule has 0 radical (unpaired) electrons. The second-order valence-corrected chi connectivity index (χ2v) is 10.5. The highest BCUT2D eigenvalue weighted by molar-refractivity contribution is 6.31. The molecule has 0 bridgehead atoms. The van der Waals surface area contributed by atoms with E-state index in [1.54, 1.807) is 31.4 Å². The molecule has 1 aliphatic carbocycles. The van der Waals surface area contributed by atoms with Gasteiger partial charge >= 0.3 is 5.97 Å². The quantitative estimate of drug-likeness (QED) is 0.182. The molecule has 0 saturated carbocycles. The molecule has 7 heteroatoms. The smallest absolute Gasteiger partial charge is 0.319 e. The molecule has 0 aromatic heterocycles. The van der Waals surface area contributed by atoms with Crippen molar-refractivity contribution in [2.75, 3.05) is 12.0 Å². The molecule has 2 amide bonds. The number of methoxy groups -OCH3 is 1. The number of carbonyl (C=O) groups is 3. The maximum atomic E-state index is 14.1. The zero-order valence-electron chi connectivity index (χ0n) is 20.8. The number of fused-ring (bicyclic) bond motifs is 7. The van der Waals surface area contributed by atoms with E-state index in [2.05, 4.69) is 0 Å². The SMILES string of the molecule is COc1ccc([C@@H]2C=C3c4ccc5ccccc5c4OC(=O)[C@@H]3[C@@H]3C(=O)N(c4cccc(Cl)c4)C(=O)[C@@H]32)cc1. The van der Waals surface area contributed by atoms with Gasteiger partial charge in [-0.15, -0.1) is 0 Å². The third-order valence-electron chi connectivity index (χ3n) is 8.05. The summed E-state index contributed by atoms with van der Waals surface area (Å²) in [5.41, 5.74) is 2.71. The summed E-state index contributed by atoms with van der Waals surface area (Å²) < 4.78 is 11.3. The average Bonchev–Trinajstić information content (AvgIpc) is 3.22. The van der Waals surface area contributed by atoms with Crippen molar-refractivity contribution in [1.29, 1.82) is 0 Å². The second kappa shape index (κ2) is 8.82. The lowest BCUT2D eigenvalue weighted by atomic mass is 9.64. The number of benzene rings is 4. The van der Waals surface area contributed by atoms with E-state index < -0.39 is 35.5 Å². The number of halogens is 1. The number of nitrogens with zero attached hydrogens (tertiary/aromatic N) is 1. The van der Waals surface area contributed by atoms with E-state index in [0.717, 1.165) is 21.9 Å². The summed E-state index contributed by atoms with van der Waals surface area (Å²) in [5.74, 6) is -3.20. The highest BCUT2D eigenvalue weighted by atomic mass is 35.5. The minimum atomic E-state index is -0.921. The second-order valence-electron chi connectivity index (χ2n) is 10.0. The molecule has 39 heavy (non-hydrogen) atoms. The van der Waals surface area contributed by atoms with Gasteiger partial charge in [-0.05, 0) is 46.9 Å². The molecule has 0 unspecified atom stereocenters. The van der Waals surface area contributed by atoms with E-state index in [9.17, 15) is 14.4 Å². The van der Waals surface area contributed by atoms with Crippen molar-refractivity contribution >= 4 is 51.4 Å². The molecule has 1 fully saturated rings. The van der Waals surface area contributed by atoms with Crippen molar-refractivity contribution in [3.8, 4) is 11.5 Å². The van der Waals surface area contributed by atoms with E-state index >= 15 is 0 Å². The Balaban J connectivity index is 1.44. The van der Waals surface area contributed by atoms with Gasteiger partial charge in [0.1, 0.15) is 11.5 Å². The predicted octanol–water partition coefficient (Wildman–Crippen LogP) is 6.02. The van der Waals surface area contributed by atoms with Crippen molar-refractivity contribution < 1.29 is 23.9 Å². The third kappa shape index (κ3) is 3.52. The van der Waals surface area contributed by atoms with Gasteiger partial charge in [0.2, 0.25) is 11.8 Å². The lowest BCUT2D eigenvalue weighted by molar-refractivity contribution is -0.142. The molecule has 4 atom stereocenters. The van der Waals surface area contributed by atoms with Gasteiger partial charge in [-0.2, -0.15) is 0 Å². The molecule has 2 aliphatic heterocycles. The third-order valence-corrected chi connectivity index (χ3v) is 8.29. The van der Waals surface area contributed by atoms with Crippen molar-refractivity contribution in [3.05, 3.63) is 107 Å². The van der Waals surface area contributed by atoms with Crippen LogP contribution in [0.15, 0.2) is 91.0 Å². The predicted molar refractivity (Wildman–Crippen MR) is 148 cm³/mol. The fourth-order valence-corrected chi connectivity index (χ4v) is 6.49. The Morgan fingerprint density at radius 3 is 2.38 bits per heavy atom. The number of ether oxygens (including phenoxy) is 2. The summed E-state index contributed by atoms with van der Waals surface area (Å²) in [6, 6.07) is 25.7. The van der Waals surface area contributed by atoms with Crippen molar-refractivity contribution in [1.82, 2.24) is 0 Å². The van der Waals surface area contributed by atoms with Crippen molar-refractivity contribution in [2.24, 2.45) is 17.8 Å². The molecular weight excluding hydrogens is 514 g/mol. The summed E-state index contributed by atoms with van der Waals surface area (Å²) in [6.45, 7) is 0. The van der Waals surface area contributed by atoms with Gasteiger partial charge in [0, 0.05) is 21.9 Å². The summed E-state index contributed by atoms with van der Waals surface area (Å²) in [7, 11) is 1.59. The fourth-order valence-electron chi connectivity index (χ4n) is 6.31. The van der Waals surface area contributed by atoms with Gasteiger partial charge in [-0.25, -0.2) is 4.90 Å². The van der Waals surface area contributed by atoms with Crippen LogP contribution < -0.4 is 14.4 Å². The molecule has 7 rings (SSSR count). The molecule has 0 spiro atoms. The average molecular weight is 536 g/mol. The lowest BCUT2D eigenvalue weighted by Gasteiger charge is -2.38. The van der Waals surface area contributed by atoms with E-state index in [-0.39, 0.29) is 5.91 Å². The Labute approximate surface area is 229 Å². The number of hydrogen-bond donors (Lipinski definition) is 0. The van der Waals surface area contributed by atoms with Crippen LogP contribution in [-0.2, 0) is 14.4 Å². The monoisotopic (exact) mass is 535 g/mol. The lowest BCUT2D eigenvalue weighted by Crippen LogP contribution is -2.42. The molecule has 2 heterocycles. The molecule has 0 N–H and O–H groups in total. The standard InChI is InChI=1S/C32H22ClNO5/c1-38-21-12-9-18(10-13-21)24-16-25-23-14-11-17-5-2-3-8-22(17)29(23)39-32(37)27(25)28-26(24)30(35)34(31(28)36)20-7-4-6-19(33)15-20/h2-16,24,26-28H,1H3/t24-,26+,27-,28+/m0/s1.